The molecule has 78 valence electrons. The van der Waals surface area contributed by atoms with Gasteiger partial charge in [-0.1, -0.05) is 50.3 Å². The quantitative estimate of drug-likeness (QED) is 0.545. The highest BCUT2D eigenvalue weighted by Gasteiger charge is 1.91. The zero-order chi connectivity index (χ0) is 10.8. The van der Waals surface area contributed by atoms with E-state index in [9.17, 15) is 0 Å². The van der Waals surface area contributed by atoms with Crippen molar-refractivity contribution in [3.8, 4) is 0 Å². The van der Waals surface area contributed by atoms with E-state index >= 15 is 0 Å². The standard InChI is InChI=1S/C13H20S/c1-5-7-8-13(11-14-6-2)10-9-12(3)4/h6,8-10H,2-3,5,7,11H2,1,4H3/b10-9+,13-8+. The highest BCUT2D eigenvalue weighted by molar-refractivity contribution is 8.02. The average Bonchev–Trinajstić information content (AvgIpc) is 2.16. The lowest BCUT2D eigenvalue weighted by atomic mass is 10.2. The molecule has 0 spiro atoms. The molecule has 14 heavy (non-hydrogen) atoms. The first-order valence-electron chi connectivity index (χ1n) is 4.95. The molecule has 0 saturated heterocycles. The van der Waals surface area contributed by atoms with Crippen LogP contribution in [-0.4, -0.2) is 5.75 Å². The number of hydrogen-bond donors (Lipinski definition) is 0. The molecular formula is C13H20S. The van der Waals surface area contributed by atoms with Crippen LogP contribution >= 0.6 is 11.8 Å². The molecule has 0 aromatic heterocycles. The summed E-state index contributed by atoms with van der Waals surface area (Å²) >= 11 is 1.73. The van der Waals surface area contributed by atoms with Gasteiger partial charge in [0.25, 0.3) is 0 Å². The predicted molar refractivity (Wildman–Crippen MR) is 69.6 cm³/mol. The average molecular weight is 208 g/mol. The van der Waals surface area contributed by atoms with Crippen LogP contribution in [0.2, 0.25) is 0 Å². The minimum absolute atomic E-state index is 1.01. The van der Waals surface area contributed by atoms with Gasteiger partial charge in [-0.2, -0.15) is 0 Å². The molecular weight excluding hydrogens is 188 g/mol. The minimum atomic E-state index is 1.01. The molecule has 0 fully saturated rings. The zero-order valence-electron chi connectivity index (χ0n) is 9.25. The third-order valence-corrected chi connectivity index (χ3v) is 2.38. The lowest BCUT2D eigenvalue weighted by molar-refractivity contribution is 0.952. The van der Waals surface area contributed by atoms with Crippen LogP contribution in [-0.2, 0) is 0 Å². The summed E-state index contributed by atoms with van der Waals surface area (Å²) in [6.07, 6.45) is 8.84. The lowest BCUT2D eigenvalue weighted by Gasteiger charge is -1.99. The van der Waals surface area contributed by atoms with Crippen LogP contribution in [0, 0.1) is 0 Å². The smallest absolute Gasteiger partial charge is 0.0222 e. The Morgan fingerprint density at radius 3 is 2.57 bits per heavy atom. The SMILES string of the molecule is C=CSCC(/C=C/C(=C)C)=C/CCC. The van der Waals surface area contributed by atoms with Gasteiger partial charge in [-0.05, 0) is 24.3 Å². The second-order valence-electron chi connectivity index (χ2n) is 3.23. The van der Waals surface area contributed by atoms with E-state index in [1.54, 1.807) is 11.8 Å². The van der Waals surface area contributed by atoms with Crippen LogP contribution in [0.15, 0.2) is 47.9 Å². The van der Waals surface area contributed by atoms with Crippen molar-refractivity contribution >= 4 is 11.8 Å². The van der Waals surface area contributed by atoms with E-state index in [-0.39, 0.29) is 0 Å². The number of unbranched alkanes of at least 4 members (excludes halogenated alkanes) is 1. The molecule has 0 aromatic rings. The van der Waals surface area contributed by atoms with Crippen LogP contribution < -0.4 is 0 Å². The zero-order valence-corrected chi connectivity index (χ0v) is 10.1. The molecule has 0 amide bonds. The molecule has 0 aromatic carbocycles. The van der Waals surface area contributed by atoms with Crippen molar-refractivity contribution in [2.24, 2.45) is 0 Å². The molecule has 0 aliphatic heterocycles. The lowest BCUT2D eigenvalue weighted by Crippen LogP contribution is -1.82. The summed E-state index contributed by atoms with van der Waals surface area (Å²) in [4.78, 5) is 0. The number of hydrogen-bond acceptors (Lipinski definition) is 1. The van der Waals surface area contributed by atoms with Crippen molar-refractivity contribution in [2.45, 2.75) is 26.7 Å². The van der Waals surface area contributed by atoms with Gasteiger partial charge in [0.15, 0.2) is 0 Å². The number of thioether (sulfide) groups is 1. The van der Waals surface area contributed by atoms with Crippen molar-refractivity contribution in [3.05, 3.63) is 47.9 Å². The van der Waals surface area contributed by atoms with Gasteiger partial charge < -0.3 is 0 Å². The van der Waals surface area contributed by atoms with E-state index in [1.165, 1.54) is 12.0 Å². The summed E-state index contributed by atoms with van der Waals surface area (Å²) in [6.45, 7) is 11.7. The Labute approximate surface area is 92.5 Å². The van der Waals surface area contributed by atoms with E-state index in [4.69, 9.17) is 0 Å². The Balaban J connectivity index is 4.23. The largest absolute Gasteiger partial charge is 0.130 e. The summed E-state index contributed by atoms with van der Waals surface area (Å²) < 4.78 is 0. The fraction of sp³-hybridized carbons (Fsp3) is 0.385. The molecule has 0 atom stereocenters. The highest BCUT2D eigenvalue weighted by Crippen LogP contribution is 2.12. The van der Waals surface area contributed by atoms with E-state index in [1.807, 2.05) is 12.3 Å². The molecule has 0 aliphatic carbocycles. The Kier molecular flexibility index (Phi) is 8.45. The maximum atomic E-state index is 3.85. The summed E-state index contributed by atoms with van der Waals surface area (Å²) in [5, 5.41) is 1.88. The summed E-state index contributed by atoms with van der Waals surface area (Å²) in [5.74, 6) is 1.01. The monoisotopic (exact) mass is 208 g/mol. The molecule has 0 heterocycles. The first kappa shape index (κ1) is 13.3. The second kappa shape index (κ2) is 8.89. The molecule has 0 bridgehead atoms. The molecule has 0 saturated carbocycles. The molecule has 0 aliphatic rings. The van der Waals surface area contributed by atoms with Gasteiger partial charge in [0.2, 0.25) is 0 Å². The van der Waals surface area contributed by atoms with Gasteiger partial charge in [0.05, 0.1) is 0 Å². The third-order valence-electron chi connectivity index (χ3n) is 1.64. The topological polar surface area (TPSA) is 0 Å². The van der Waals surface area contributed by atoms with Crippen LogP contribution in [0.5, 0.6) is 0 Å². The van der Waals surface area contributed by atoms with Gasteiger partial charge in [-0.3, -0.25) is 0 Å². The van der Waals surface area contributed by atoms with Crippen molar-refractivity contribution in [3.63, 3.8) is 0 Å². The first-order chi connectivity index (χ1) is 6.70. The predicted octanol–water partition coefficient (Wildman–Crippen LogP) is 4.72. The van der Waals surface area contributed by atoms with Gasteiger partial charge in [0.1, 0.15) is 0 Å². The normalized spacial score (nSPS) is 12.0. The molecule has 0 radical (unpaired) electrons. The van der Waals surface area contributed by atoms with Gasteiger partial charge >= 0.3 is 0 Å². The fourth-order valence-electron chi connectivity index (χ4n) is 0.909. The van der Waals surface area contributed by atoms with Gasteiger partial charge in [-0.15, -0.1) is 11.8 Å². The summed E-state index contributed by atoms with van der Waals surface area (Å²) in [7, 11) is 0. The second-order valence-corrected chi connectivity index (χ2v) is 4.18. The Bertz CT molecular complexity index is 234. The van der Waals surface area contributed by atoms with Crippen LogP contribution in [0.25, 0.3) is 0 Å². The van der Waals surface area contributed by atoms with E-state index in [2.05, 4.69) is 38.3 Å². The highest BCUT2D eigenvalue weighted by atomic mass is 32.2. The van der Waals surface area contributed by atoms with Crippen molar-refractivity contribution in [1.82, 2.24) is 0 Å². The maximum absolute atomic E-state index is 3.85. The Morgan fingerprint density at radius 1 is 1.36 bits per heavy atom. The summed E-state index contributed by atoms with van der Waals surface area (Å²) in [6, 6.07) is 0. The van der Waals surface area contributed by atoms with Crippen LogP contribution in [0.3, 0.4) is 0 Å². The van der Waals surface area contributed by atoms with Gasteiger partial charge in [0, 0.05) is 5.75 Å². The van der Waals surface area contributed by atoms with Gasteiger partial charge in [-0.25, -0.2) is 0 Å². The third kappa shape index (κ3) is 7.93. The Hall–Kier alpha value is -0.690. The molecule has 0 unspecified atom stereocenters. The van der Waals surface area contributed by atoms with E-state index in [0.29, 0.717) is 0 Å². The first-order valence-corrected chi connectivity index (χ1v) is 6.00. The van der Waals surface area contributed by atoms with Crippen molar-refractivity contribution < 1.29 is 0 Å². The number of allylic oxidation sites excluding steroid dienone is 4. The molecule has 1 heteroatoms. The fourth-order valence-corrected chi connectivity index (χ4v) is 1.43. The molecule has 0 nitrogen and oxygen atoms in total. The van der Waals surface area contributed by atoms with Crippen LogP contribution in [0.4, 0.5) is 0 Å². The number of rotatable bonds is 7. The molecule has 0 N–H and O–H groups in total. The maximum Gasteiger partial charge on any atom is 0.0222 e. The van der Waals surface area contributed by atoms with E-state index < -0.39 is 0 Å². The van der Waals surface area contributed by atoms with Crippen molar-refractivity contribution in [2.75, 3.05) is 5.75 Å². The Morgan fingerprint density at radius 2 is 2.07 bits per heavy atom. The minimum Gasteiger partial charge on any atom is -0.130 e. The van der Waals surface area contributed by atoms with Crippen molar-refractivity contribution in [1.29, 1.82) is 0 Å². The summed E-state index contributed by atoms with van der Waals surface area (Å²) in [5.41, 5.74) is 2.45. The van der Waals surface area contributed by atoms with Crippen LogP contribution in [0.1, 0.15) is 26.7 Å². The molecule has 0 rings (SSSR count). The van der Waals surface area contributed by atoms with E-state index in [0.717, 1.165) is 17.7 Å².